The molecule has 0 aliphatic rings. The van der Waals surface area contributed by atoms with E-state index in [-0.39, 0.29) is 23.7 Å². The Kier molecular flexibility index (Phi) is 6.63. The van der Waals surface area contributed by atoms with Gasteiger partial charge in [0.1, 0.15) is 18.1 Å². The van der Waals surface area contributed by atoms with Crippen LogP contribution in [-0.2, 0) is 26.0 Å². The number of aryl methyl sites for hydroxylation is 1. The molecule has 0 bridgehead atoms. The fraction of sp³-hybridized carbons (Fsp3) is 0.316. The molecule has 0 atom stereocenters. The van der Waals surface area contributed by atoms with Crippen molar-refractivity contribution in [2.45, 2.75) is 24.8 Å². The summed E-state index contributed by atoms with van der Waals surface area (Å²) in [5, 5.41) is 0. The number of ether oxygens (including phenoxy) is 3. The van der Waals surface area contributed by atoms with Crippen LogP contribution in [0, 0.1) is 6.92 Å². The highest BCUT2D eigenvalue weighted by atomic mass is 32.2. The number of carbonyl (C=O) groups is 1. The predicted molar refractivity (Wildman–Crippen MR) is 97.2 cm³/mol. The van der Waals surface area contributed by atoms with Gasteiger partial charge >= 0.3 is 5.97 Å². The Morgan fingerprint density at radius 1 is 1.00 bits per heavy atom. The van der Waals surface area contributed by atoms with Crippen LogP contribution in [0.2, 0.25) is 0 Å². The molecule has 0 N–H and O–H groups in total. The Hall–Kier alpha value is -2.54. The standard InChI is InChI=1S/C19H22O6S/c1-14-4-7-17(8-5-14)26(21,22)11-10-19(20)25-13-15-12-16(23-2)6-9-18(15)24-3/h4-9,12H,10-11,13H2,1-3H3. The van der Waals surface area contributed by atoms with E-state index >= 15 is 0 Å². The van der Waals surface area contributed by atoms with E-state index in [2.05, 4.69) is 0 Å². The fourth-order valence-corrected chi connectivity index (χ4v) is 3.53. The van der Waals surface area contributed by atoms with Crippen LogP contribution in [0.4, 0.5) is 0 Å². The van der Waals surface area contributed by atoms with E-state index in [4.69, 9.17) is 14.2 Å². The lowest BCUT2D eigenvalue weighted by Crippen LogP contribution is -2.14. The predicted octanol–water partition coefficient (Wildman–Crippen LogP) is 2.92. The molecule has 26 heavy (non-hydrogen) atoms. The smallest absolute Gasteiger partial charge is 0.307 e. The maximum atomic E-state index is 12.3. The van der Waals surface area contributed by atoms with E-state index in [0.717, 1.165) is 5.56 Å². The highest BCUT2D eigenvalue weighted by molar-refractivity contribution is 7.91. The van der Waals surface area contributed by atoms with Crippen LogP contribution in [0.5, 0.6) is 11.5 Å². The molecule has 2 aromatic carbocycles. The van der Waals surface area contributed by atoms with Crippen LogP contribution in [-0.4, -0.2) is 34.4 Å². The molecule has 0 radical (unpaired) electrons. The second-order valence-corrected chi connectivity index (χ2v) is 7.83. The summed E-state index contributed by atoms with van der Waals surface area (Å²) in [5.41, 5.74) is 1.61. The van der Waals surface area contributed by atoms with E-state index in [9.17, 15) is 13.2 Å². The lowest BCUT2D eigenvalue weighted by molar-refractivity contribution is -0.144. The first kappa shape index (κ1) is 19.8. The molecular weight excluding hydrogens is 356 g/mol. The zero-order valence-corrected chi connectivity index (χ0v) is 15.8. The monoisotopic (exact) mass is 378 g/mol. The van der Waals surface area contributed by atoms with Gasteiger partial charge in [0.25, 0.3) is 0 Å². The molecule has 0 saturated heterocycles. The van der Waals surface area contributed by atoms with Crippen LogP contribution in [0.1, 0.15) is 17.5 Å². The molecule has 140 valence electrons. The van der Waals surface area contributed by atoms with Gasteiger partial charge in [-0.2, -0.15) is 0 Å². The van der Waals surface area contributed by atoms with Crippen molar-refractivity contribution in [2.24, 2.45) is 0 Å². The highest BCUT2D eigenvalue weighted by Crippen LogP contribution is 2.24. The molecule has 0 unspecified atom stereocenters. The first-order valence-corrected chi connectivity index (χ1v) is 9.67. The van der Waals surface area contributed by atoms with Crippen LogP contribution in [0.3, 0.4) is 0 Å². The van der Waals surface area contributed by atoms with Crippen molar-refractivity contribution in [3.05, 3.63) is 53.6 Å². The van der Waals surface area contributed by atoms with Gasteiger partial charge in [0.05, 0.1) is 31.3 Å². The Morgan fingerprint density at radius 3 is 2.31 bits per heavy atom. The minimum Gasteiger partial charge on any atom is -0.497 e. The van der Waals surface area contributed by atoms with E-state index in [1.54, 1.807) is 30.3 Å². The third-order valence-electron chi connectivity index (χ3n) is 3.83. The van der Waals surface area contributed by atoms with Crippen molar-refractivity contribution in [1.82, 2.24) is 0 Å². The number of hydrogen-bond acceptors (Lipinski definition) is 6. The SMILES string of the molecule is COc1ccc(OC)c(COC(=O)CCS(=O)(=O)c2ccc(C)cc2)c1. The first-order valence-electron chi connectivity index (χ1n) is 8.01. The van der Waals surface area contributed by atoms with Gasteiger partial charge < -0.3 is 14.2 Å². The molecule has 7 heteroatoms. The largest absolute Gasteiger partial charge is 0.497 e. The molecule has 6 nitrogen and oxygen atoms in total. The van der Waals surface area contributed by atoms with Crippen molar-refractivity contribution < 1.29 is 27.4 Å². The van der Waals surface area contributed by atoms with Crippen LogP contribution in [0.15, 0.2) is 47.4 Å². The van der Waals surface area contributed by atoms with Gasteiger partial charge in [-0.25, -0.2) is 8.42 Å². The molecule has 2 aromatic rings. The van der Waals surface area contributed by atoms with Crippen molar-refractivity contribution in [1.29, 1.82) is 0 Å². The van der Waals surface area contributed by atoms with Crippen molar-refractivity contribution in [3.63, 3.8) is 0 Å². The molecule has 0 aliphatic heterocycles. The number of carbonyl (C=O) groups excluding carboxylic acids is 1. The number of rotatable bonds is 8. The minimum atomic E-state index is -3.52. The van der Waals surface area contributed by atoms with E-state index in [0.29, 0.717) is 17.1 Å². The second kappa shape index (κ2) is 8.71. The molecule has 2 rings (SSSR count). The lowest BCUT2D eigenvalue weighted by atomic mass is 10.2. The van der Waals surface area contributed by atoms with Gasteiger partial charge in [-0.05, 0) is 37.3 Å². The average Bonchev–Trinajstić information content (AvgIpc) is 2.64. The Bertz CT molecular complexity index is 856. The molecule has 0 saturated carbocycles. The summed E-state index contributed by atoms with van der Waals surface area (Å²) in [6.07, 6.45) is -0.220. The van der Waals surface area contributed by atoms with Gasteiger partial charge in [0.15, 0.2) is 9.84 Å². The summed E-state index contributed by atoms with van der Waals surface area (Å²) in [6, 6.07) is 11.7. The van der Waals surface area contributed by atoms with Crippen molar-refractivity contribution >= 4 is 15.8 Å². The lowest BCUT2D eigenvalue weighted by Gasteiger charge is -2.11. The summed E-state index contributed by atoms with van der Waals surface area (Å²) >= 11 is 0. The van der Waals surface area contributed by atoms with Gasteiger partial charge in [0.2, 0.25) is 0 Å². The van der Waals surface area contributed by atoms with Crippen LogP contribution < -0.4 is 9.47 Å². The second-order valence-electron chi connectivity index (χ2n) is 5.72. The number of methoxy groups -OCH3 is 2. The van der Waals surface area contributed by atoms with Gasteiger partial charge in [-0.3, -0.25) is 4.79 Å². The topological polar surface area (TPSA) is 78.9 Å². The Morgan fingerprint density at radius 2 is 1.69 bits per heavy atom. The van der Waals surface area contributed by atoms with Gasteiger partial charge in [0, 0.05) is 5.56 Å². The number of benzene rings is 2. The van der Waals surface area contributed by atoms with E-state index in [1.807, 2.05) is 6.92 Å². The molecule has 0 aliphatic carbocycles. The normalized spacial score (nSPS) is 11.0. The first-order chi connectivity index (χ1) is 12.4. The summed E-state index contributed by atoms with van der Waals surface area (Å²) in [5.74, 6) is 0.277. The van der Waals surface area contributed by atoms with Crippen molar-refractivity contribution in [2.75, 3.05) is 20.0 Å². The number of esters is 1. The number of sulfone groups is 1. The van der Waals surface area contributed by atoms with Crippen LogP contribution >= 0.6 is 0 Å². The molecule has 0 fully saturated rings. The van der Waals surface area contributed by atoms with Gasteiger partial charge in [-0.15, -0.1) is 0 Å². The zero-order chi connectivity index (χ0) is 19.2. The summed E-state index contributed by atoms with van der Waals surface area (Å²) < 4.78 is 40.1. The minimum absolute atomic E-state index is 0.0240. The molecule has 0 aromatic heterocycles. The Labute approximate surface area is 153 Å². The summed E-state index contributed by atoms with van der Waals surface area (Å²) in [7, 11) is -0.474. The highest BCUT2D eigenvalue weighted by Gasteiger charge is 2.17. The molecule has 0 heterocycles. The molecule has 0 spiro atoms. The zero-order valence-electron chi connectivity index (χ0n) is 15.0. The third-order valence-corrected chi connectivity index (χ3v) is 5.56. The summed E-state index contributed by atoms with van der Waals surface area (Å²) in [6.45, 7) is 1.85. The van der Waals surface area contributed by atoms with E-state index < -0.39 is 15.8 Å². The quantitative estimate of drug-likeness (QED) is 0.657. The molecule has 0 amide bonds. The fourth-order valence-electron chi connectivity index (χ4n) is 2.31. The average molecular weight is 378 g/mol. The van der Waals surface area contributed by atoms with E-state index in [1.165, 1.54) is 26.4 Å². The third kappa shape index (κ3) is 5.23. The maximum absolute atomic E-state index is 12.3. The number of hydrogen-bond donors (Lipinski definition) is 0. The van der Waals surface area contributed by atoms with Crippen LogP contribution in [0.25, 0.3) is 0 Å². The summed E-state index contributed by atoms with van der Waals surface area (Å²) in [4.78, 5) is 12.1. The van der Waals surface area contributed by atoms with Crippen molar-refractivity contribution in [3.8, 4) is 11.5 Å². The maximum Gasteiger partial charge on any atom is 0.307 e. The Balaban J connectivity index is 1.94. The molecular formula is C19H22O6S. The van der Waals surface area contributed by atoms with Gasteiger partial charge in [-0.1, -0.05) is 17.7 Å².